The molecule has 2 aromatic rings. The van der Waals surface area contributed by atoms with Crippen molar-refractivity contribution in [3.63, 3.8) is 0 Å². The monoisotopic (exact) mass is 428 g/mol. The lowest BCUT2D eigenvalue weighted by molar-refractivity contribution is 0.354. The molecule has 0 aliphatic heterocycles. The molecule has 0 aliphatic carbocycles. The van der Waals surface area contributed by atoms with Crippen LogP contribution in [-0.4, -0.2) is 36.0 Å². The van der Waals surface area contributed by atoms with Crippen molar-refractivity contribution >= 4 is 32.2 Å². The first kappa shape index (κ1) is 19.1. The topological polar surface area (TPSA) is 86.2 Å². The number of methoxy groups -OCH3 is 3. The quantitative estimate of drug-likeness (QED) is 0.541. The van der Waals surface area contributed by atoms with E-state index in [-0.39, 0.29) is 4.90 Å². The summed E-state index contributed by atoms with van der Waals surface area (Å²) in [5.41, 5.74) is 0.617. The maximum atomic E-state index is 12.3. The van der Waals surface area contributed by atoms with Crippen LogP contribution in [0, 0.1) is 0 Å². The van der Waals surface area contributed by atoms with Gasteiger partial charge in [-0.3, -0.25) is 0 Å². The summed E-state index contributed by atoms with van der Waals surface area (Å²) >= 11 is 3.34. The van der Waals surface area contributed by atoms with Crippen LogP contribution < -0.4 is 19.0 Å². The van der Waals surface area contributed by atoms with Crippen molar-refractivity contribution in [2.75, 3.05) is 21.3 Å². The number of rotatable bonds is 7. The van der Waals surface area contributed by atoms with Crippen LogP contribution in [0.25, 0.3) is 0 Å². The van der Waals surface area contributed by atoms with Gasteiger partial charge in [-0.05, 0) is 30.3 Å². The van der Waals surface area contributed by atoms with Crippen LogP contribution in [0.3, 0.4) is 0 Å². The molecule has 2 rings (SSSR count). The molecule has 0 aromatic heterocycles. The molecule has 7 nitrogen and oxygen atoms in total. The average Bonchev–Trinajstić information content (AvgIpc) is 2.61. The Kier molecular flexibility index (Phi) is 6.27. The van der Waals surface area contributed by atoms with Crippen molar-refractivity contribution in [3.8, 4) is 17.2 Å². The number of ether oxygens (including phenoxy) is 3. The lowest BCUT2D eigenvalue weighted by atomic mass is 10.2. The molecule has 0 atom stereocenters. The van der Waals surface area contributed by atoms with Gasteiger partial charge in [0.25, 0.3) is 10.0 Å². The molecule has 0 heterocycles. The molecule has 0 saturated heterocycles. The summed E-state index contributed by atoms with van der Waals surface area (Å²) < 4.78 is 40.9. The number of nitrogens with one attached hydrogen (secondary N) is 1. The largest absolute Gasteiger partial charge is 0.496 e. The molecular weight excluding hydrogens is 412 g/mol. The van der Waals surface area contributed by atoms with E-state index in [0.717, 1.165) is 4.47 Å². The van der Waals surface area contributed by atoms with Gasteiger partial charge in [0.2, 0.25) is 0 Å². The van der Waals surface area contributed by atoms with Crippen molar-refractivity contribution in [1.29, 1.82) is 0 Å². The minimum absolute atomic E-state index is 0.00325. The third-order valence-corrected chi connectivity index (χ3v) is 4.95. The molecule has 0 unspecified atom stereocenters. The predicted molar refractivity (Wildman–Crippen MR) is 98.2 cm³/mol. The van der Waals surface area contributed by atoms with Gasteiger partial charge in [-0.15, -0.1) is 0 Å². The molecule has 0 spiro atoms. The standard InChI is InChI=1S/C16H17BrN2O5S/c1-22-14-6-4-12(17)8-11(14)10-18-19-25(20,21)13-5-7-15(23-2)16(9-13)24-3/h4-10,19H,1-3H3/b18-10+. The first-order valence-electron chi connectivity index (χ1n) is 7.01. The Labute approximate surface area is 154 Å². The number of sulfonamides is 1. The zero-order chi connectivity index (χ0) is 18.4. The second kappa shape index (κ2) is 8.21. The van der Waals surface area contributed by atoms with Gasteiger partial charge in [-0.1, -0.05) is 15.9 Å². The summed E-state index contributed by atoms with van der Waals surface area (Å²) in [6, 6.07) is 9.58. The van der Waals surface area contributed by atoms with Crippen molar-refractivity contribution in [3.05, 3.63) is 46.4 Å². The third kappa shape index (κ3) is 4.64. The van der Waals surface area contributed by atoms with Gasteiger partial charge in [-0.25, -0.2) is 4.83 Å². The van der Waals surface area contributed by atoms with Crippen LogP contribution >= 0.6 is 15.9 Å². The van der Waals surface area contributed by atoms with Gasteiger partial charge >= 0.3 is 0 Å². The van der Waals surface area contributed by atoms with Gasteiger partial charge < -0.3 is 14.2 Å². The molecular formula is C16H17BrN2O5S. The number of benzene rings is 2. The van der Waals surface area contributed by atoms with Crippen molar-refractivity contribution < 1.29 is 22.6 Å². The molecule has 134 valence electrons. The Morgan fingerprint density at radius 3 is 2.24 bits per heavy atom. The lowest BCUT2D eigenvalue weighted by Gasteiger charge is -2.10. The van der Waals surface area contributed by atoms with Crippen LogP contribution in [0.2, 0.25) is 0 Å². The third-order valence-electron chi connectivity index (χ3n) is 3.23. The first-order chi connectivity index (χ1) is 11.9. The molecule has 0 fully saturated rings. The van der Waals surface area contributed by atoms with Gasteiger partial charge in [0.1, 0.15) is 5.75 Å². The fraction of sp³-hybridized carbons (Fsp3) is 0.188. The van der Waals surface area contributed by atoms with Gasteiger partial charge in [0.15, 0.2) is 11.5 Å². The number of hydrogen-bond acceptors (Lipinski definition) is 6. The summed E-state index contributed by atoms with van der Waals surface area (Å²) in [6.07, 6.45) is 1.36. The van der Waals surface area contributed by atoms with E-state index in [0.29, 0.717) is 22.8 Å². The highest BCUT2D eigenvalue weighted by Crippen LogP contribution is 2.29. The molecule has 2 aromatic carbocycles. The normalized spacial score (nSPS) is 11.4. The fourth-order valence-corrected chi connectivity index (χ4v) is 3.19. The predicted octanol–water partition coefficient (Wildman–Crippen LogP) is 2.79. The Balaban J connectivity index is 2.23. The fourth-order valence-electron chi connectivity index (χ4n) is 2.01. The zero-order valence-electron chi connectivity index (χ0n) is 13.8. The second-order valence-corrected chi connectivity index (χ2v) is 7.33. The average molecular weight is 429 g/mol. The maximum Gasteiger partial charge on any atom is 0.276 e. The number of hydrazone groups is 1. The van der Waals surface area contributed by atoms with Gasteiger partial charge in [-0.2, -0.15) is 13.5 Å². The minimum Gasteiger partial charge on any atom is -0.496 e. The molecule has 0 amide bonds. The van der Waals surface area contributed by atoms with Gasteiger partial charge in [0, 0.05) is 16.1 Å². The van der Waals surface area contributed by atoms with E-state index in [4.69, 9.17) is 14.2 Å². The number of nitrogens with zero attached hydrogens (tertiary/aromatic N) is 1. The summed E-state index contributed by atoms with van der Waals surface area (Å²) in [7, 11) is 0.571. The van der Waals surface area contributed by atoms with Crippen molar-refractivity contribution in [2.24, 2.45) is 5.10 Å². The van der Waals surface area contributed by atoms with Gasteiger partial charge in [0.05, 0.1) is 32.4 Å². The van der Waals surface area contributed by atoms with Crippen LogP contribution in [0.15, 0.2) is 50.9 Å². The van der Waals surface area contributed by atoms with E-state index in [1.165, 1.54) is 45.7 Å². The Hall–Kier alpha value is -2.26. The van der Waals surface area contributed by atoms with E-state index >= 15 is 0 Å². The van der Waals surface area contributed by atoms with Crippen molar-refractivity contribution in [2.45, 2.75) is 4.90 Å². The SMILES string of the molecule is COc1ccc(Br)cc1/C=N/NS(=O)(=O)c1ccc(OC)c(OC)c1. The summed E-state index contributed by atoms with van der Waals surface area (Å²) in [5.74, 6) is 1.31. The Morgan fingerprint density at radius 1 is 0.960 bits per heavy atom. The van der Waals surface area contributed by atoms with Crippen LogP contribution in [0.1, 0.15) is 5.56 Å². The van der Waals surface area contributed by atoms with Crippen molar-refractivity contribution in [1.82, 2.24) is 4.83 Å². The van der Waals surface area contributed by atoms with E-state index in [1.54, 1.807) is 12.1 Å². The molecule has 1 N–H and O–H groups in total. The zero-order valence-corrected chi connectivity index (χ0v) is 16.2. The highest BCUT2D eigenvalue weighted by atomic mass is 79.9. The molecule has 0 bridgehead atoms. The second-order valence-electron chi connectivity index (χ2n) is 4.76. The number of halogens is 1. The highest BCUT2D eigenvalue weighted by Gasteiger charge is 2.16. The minimum atomic E-state index is -3.85. The highest BCUT2D eigenvalue weighted by molar-refractivity contribution is 9.10. The maximum absolute atomic E-state index is 12.3. The number of hydrogen-bond donors (Lipinski definition) is 1. The Morgan fingerprint density at radius 2 is 1.60 bits per heavy atom. The Bertz CT molecular complexity index is 884. The molecule has 0 radical (unpaired) electrons. The molecule has 9 heteroatoms. The summed E-state index contributed by atoms with van der Waals surface area (Å²) in [6.45, 7) is 0. The van der Waals surface area contributed by atoms with Crippen LogP contribution in [-0.2, 0) is 10.0 Å². The van der Waals surface area contributed by atoms with Crippen LogP contribution in [0.4, 0.5) is 0 Å². The molecule has 0 saturated carbocycles. The summed E-state index contributed by atoms with van der Waals surface area (Å²) in [5, 5.41) is 3.80. The lowest BCUT2D eigenvalue weighted by Crippen LogP contribution is -2.18. The van der Waals surface area contributed by atoms with Crippen LogP contribution in [0.5, 0.6) is 17.2 Å². The first-order valence-corrected chi connectivity index (χ1v) is 9.29. The van der Waals surface area contributed by atoms with E-state index in [2.05, 4.69) is 25.9 Å². The molecule has 25 heavy (non-hydrogen) atoms. The van der Waals surface area contributed by atoms with E-state index in [1.807, 2.05) is 6.07 Å². The smallest absolute Gasteiger partial charge is 0.276 e. The molecule has 0 aliphatic rings. The summed E-state index contributed by atoms with van der Waals surface area (Å²) in [4.78, 5) is 2.16. The van der Waals surface area contributed by atoms with E-state index in [9.17, 15) is 8.42 Å². The van der Waals surface area contributed by atoms with E-state index < -0.39 is 10.0 Å².